The number of carbonyl (C=O) groups excluding carboxylic acids is 1. The third kappa shape index (κ3) is 3.12. The smallest absolute Gasteiger partial charge is 0.247 e. The van der Waals surface area contributed by atoms with Crippen LogP contribution in [0.2, 0.25) is 0 Å². The summed E-state index contributed by atoms with van der Waals surface area (Å²) in [5.41, 5.74) is 0.944. The Kier molecular flexibility index (Phi) is 3.83. The maximum absolute atomic E-state index is 11.5. The lowest BCUT2D eigenvalue weighted by atomic mass is 9.85. The van der Waals surface area contributed by atoms with E-state index in [4.69, 9.17) is 4.42 Å². The van der Waals surface area contributed by atoms with Crippen molar-refractivity contribution < 1.29 is 9.21 Å². The van der Waals surface area contributed by atoms with E-state index >= 15 is 0 Å². The summed E-state index contributed by atoms with van der Waals surface area (Å²) in [5, 5.41) is 11.4. The molecule has 2 atom stereocenters. The number of carbonyl (C=O) groups is 1. The number of hydrogen-bond donors (Lipinski definition) is 1. The topological polar surface area (TPSA) is 71.3 Å². The Morgan fingerprint density at radius 2 is 2.09 bits per heavy atom. The van der Waals surface area contributed by atoms with Gasteiger partial charge in [0.05, 0.1) is 6.54 Å². The van der Waals surface area contributed by atoms with Crippen molar-refractivity contribution in [2.45, 2.75) is 31.8 Å². The molecule has 0 saturated carbocycles. The summed E-state index contributed by atoms with van der Waals surface area (Å²) < 4.78 is 5.79. The molecular weight excluding hydrogens is 292 g/mol. The van der Waals surface area contributed by atoms with Gasteiger partial charge in [-0.3, -0.25) is 9.69 Å². The molecule has 23 heavy (non-hydrogen) atoms. The predicted molar refractivity (Wildman–Crippen MR) is 84.3 cm³/mol. The van der Waals surface area contributed by atoms with Crippen molar-refractivity contribution >= 4 is 5.91 Å². The van der Waals surface area contributed by atoms with Gasteiger partial charge in [-0.05, 0) is 30.9 Å². The molecule has 1 amide bonds. The van der Waals surface area contributed by atoms with Gasteiger partial charge in [0, 0.05) is 31.1 Å². The van der Waals surface area contributed by atoms with Crippen LogP contribution in [-0.2, 0) is 11.3 Å². The molecule has 1 N–H and O–H groups in total. The van der Waals surface area contributed by atoms with Crippen LogP contribution in [0, 0.1) is 5.92 Å². The third-order valence-corrected chi connectivity index (χ3v) is 4.75. The number of aromatic nitrogens is 2. The maximum Gasteiger partial charge on any atom is 0.247 e. The molecule has 6 nitrogen and oxygen atoms in total. The molecular formula is C17H20N4O2. The van der Waals surface area contributed by atoms with Gasteiger partial charge < -0.3 is 9.73 Å². The number of rotatable bonds is 3. The van der Waals surface area contributed by atoms with Gasteiger partial charge >= 0.3 is 0 Å². The molecule has 2 aromatic rings. The molecule has 1 aromatic carbocycles. The third-order valence-electron chi connectivity index (χ3n) is 4.75. The van der Waals surface area contributed by atoms with Gasteiger partial charge in [0.1, 0.15) is 0 Å². The molecule has 0 spiro atoms. The van der Waals surface area contributed by atoms with E-state index in [0.29, 0.717) is 36.7 Å². The second kappa shape index (κ2) is 6.12. The summed E-state index contributed by atoms with van der Waals surface area (Å²) in [6.45, 7) is 2.61. The van der Waals surface area contributed by atoms with Crippen molar-refractivity contribution in [3.05, 3.63) is 36.2 Å². The van der Waals surface area contributed by atoms with Gasteiger partial charge in [0.2, 0.25) is 17.7 Å². The highest BCUT2D eigenvalue weighted by atomic mass is 16.4. The van der Waals surface area contributed by atoms with E-state index in [2.05, 4.69) is 20.4 Å². The van der Waals surface area contributed by atoms with Gasteiger partial charge in [-0.25, -0.2) is 0 Å². The van der Waals surface area contributed by atoms with Crippen LogP contribution in [0.15, 0.2) is 34.7 Å². The zero-order valence-corrected chi connectivity index (χ0v) is 12.9. The Bertz CT molecular complexity index is 685. The first-order chi connectivity index (χ1) is 11.3. The highest BCUT2D eigenvalue weighted by Gasteiger charge is 2.34. The first-order valence-electron chi connectivity index (χ1n) is 8.17. The molecule has 6 heteroatoms. The Morgan fingerprint density at radius 1 is 1.22 bits per heavy atom. The standard InChI is InChI=1S/C17H20N4O2/c22-15-7-6-13-10-21(9-8-14(13)18-15)11-16-19-20-17(23-16)12-4-2-1-3-5-12/h1-5,13-14H,6-11H2,(H,18,22). The van der Waals surface area contributed by atoms with Gasteiger partial charge in [-0.2, -0.15) is 0 Å². The summed E-state index contributed by atoms with van der Waals surface area (Å²) in [5.74, 6) is 1.96. The average molecular weight is 312 g/mol. The highest BCUT2D eigenvalue weighted by molar-refractivity contribution is 5.77. The van der Waals surface area contributed by atoms with E-state index in [9.17, 15) is 4.79 Å². The van der Waals surface area contributed by atoms with E-state index in [1.54, 1.807) is 0 Å². The molecule has 3 heterocycles. The van der Waals surface area contributed by atoms with Crippen LogP contribution in [0.3, 0.4) is 0 Å². The second-order valence-corrected chi connectivity index (χ2v) is 6.36. The van der Waals surface area contributed by atoms with Crippen LogP contribution in [0.1, 0.15) is 25.2 Å². The normalized spacial score (nSPS) is 25.0. The lowest BCUT2D eigenvalue weighted by Crippen LogP contribution is -2.53. The predicted octanol–water partition coefficient (Wildman–Crippen LogP) is 1.84. The number of hydrogen-bond acceptors (Lipinski definition) is 5. The minimum absolute atomic E-state index is 0.198. The zero-order chi connectivity index (χ0) is 15.6. The molecule has 2 fully saturated rings. The van der Waals surface area contributed by atoms with Gasteiger partial charge in [-0.1, -0.05) is 18.2 Å². The van der Waals surface area contributed by atoms with E-state index in [0.717, 1.165) is 31.5 Å². The first kappa shape index (κ1) is 14.4. The average Bonchev–Trinajstić information content (AvgIpc) is 3.04. The Hall–Kier alpha value is -2.21. The second-order valence-electron chi connectivity index (χ2n) is 6.36. The quantitative estimate of drug-likeness (QED) is 0.936. The molecule has 0 bridgehead atoms. The van der Waals surface area contributed by atoms with Crippen molar-refractivity contribution in [2.24, 2.45) is 5.92 Å². The van der Waals surface area contributed by atoms with Crippen LogP contribution in [0.25, 0.3) is 11.5 Å². The van der Waals surface area contributed by atoms with Crippen molar-refractivity contribution in [1.82, 2.24) is 20.4 Å². The van der Waals surface area contributed by atoms with Crippen molar-refractivity contribution in [1.29, 1.82) is 0 Å². The van der Waals surface area contributed by atoms with Crippen LogP contribution in [-0.4, -0.2) is 40.1 Å². The number of fused-ring (bicyclic) bond motifs is 1. The van der Waals surface area contributed by atoms with Gasteiger partial charge in [-0.15, -0.1) is 10.2 Å². The molecule has 120 valence electrons. The van der Waals surface area contributed by atoms with Crippen molar-refractivity contribution in [3.8, 4) is 11.5 Å². The molecule has 0 aliphatic carbocycles. The van der Waals surface area contributed by atoms with Crippen LogP contribution in [0.5, 0.6) is 0 Å². The fourth-order valence-electron chi connectivity index (χ4n) is 3.54. The number of piperidine rings is 2. The van der Waals surface area contributed by atoms with E-state index in [1.807, 2.05) is 30.3 Å². The summed E-state index contributed by atoms with van der Waals surface area (Å²) in [7, 11) is 0. The fraction of sp³-hybridized carbons (Fsp3) is 0.471. The van der Waals surface area contributed by atoms with Crippen molar-refractivity contribution in [2.75, 3.05) is 13.1 Å². The van der Waals surface area contributed by atoms with E-state index in [1.165, 1.54) is 0 Å². The molecule has 0 radical (unpaired) electrons. The molecule has 2 saturated heterocycles. The molecule has 2 unspecified atom stereocenters. The number of likely N-dealkylation sites (tertiary alicyclic amines) is 1. The minimum atomic E-state index is 0.198. The molecule has 2 aliphatic heterocycles. The summed E-state index contributed by atoms with van der Waals surface area (Å²) in [6, 6.07) is 10.2. The molecule has 1 aromatic heterocycles. The number of nitrogens with zero attached hydrogens (tertiary/aromatic N) is 3. The largest absolute Gasteiger partial charge is 0.419 e. The van der Waals surface area contributed by atoms with E-state index < -0.39 is 0 Å². The molecule has 2 aliphatic rings. The Morgan fingerprint density at radius 3 is 2.96 bits per heavy atom. The number of benzene rings is 1. The summed E-state index contributed by atoms with van der Waals surface area (Å²) in [4.78, 5) is 13.8. The Balaban J connectivity index is 1.40. The van der Waals surface area contributed by atoms with Crippen LogP contribution in [0.4, 0.5) is 0 Å². The summed E-state index contributed by atoms with van der Waals surface area (Å²) in [6.07, 6.45) is 2.62. The lowest BCUT2D eigenvalue weighted by Gasteiger charge is -2.40. The number of nitrogens with one attached hydrogen (secondary N) is 1. The van der Waals surface area contributed by atoms with Gasteiger partial charge in [0.15, 0.2) is 0 Å². The molecule has 4 rings (SSSR count). The highest BCUT2D eigenvalue weighted by Crippen LogP contribution is 2.26. The maximum atomic E-state index is 11.5. The number of amides is 1. The van der Waals surface area contributed by atoms with Gasteiger partial charge in [0.25, 0.3) is 0 Å². The van der Waals surface area contributed by atoms with E-state index in [-0.39, 0.29) is 5.91 Å². The van der Waals surface area contributed by atoms with Crippen LogP contribution < -0.4 is 5.32 Å². The lowest BCUT2D eigenvalue weighted by molar-refractivity contribution is -0.125. The zero-order valence-electron chi connectivity index (χ0n) is 12.9. The Labute approximate surface area is 134 Å². The monoisotopic (exact) mass is 312 g/mol. The first-order valence-corrected chi connectivity index (χ1v) is 8.17. The summed E-state index contributed by atoms with van der Waals surface area (Å²) >= 11 is 0. The fourth-order valence-corrected chi connectivity index (χ4v) is 3.54. The van der Waals surface area contributed by atoms with Crippen molar-refractivity contribution in [3.63, 3.8) is 0 Å². The van der Waals surface area contributed by atoms with Crippen LogP contribution >= 0.6 is 0 Å². The minimum Gasteiger partial charge on any atom is -0.419 e. The SMILES string of the molecule is O=C1CCC2CN(Cc3nnc(-c4ccccc4)o3)CCC2N1.